The van der Waals surface area contributed by atoms with Gasteiger partial charge in [0.15, 0.2) is 5.11 Å². The zero-order chi connectivity index (χ0) is 17.4. The number of anilines is 1. The summed E-state index contributed by atoms with van der Waals surface area (Å²) < 4.78 is 5.25. The molecule has 0 saturated carbocycles. The van der Waals surface area contributed by atoms with Crippen LogP contribution in [0.3, 0.4) is 0 Å². The summed E-state index contributed by atoms with van der Waals surface area (Å²) in [5.41, 5.74) is 1.36. The molecule has 6 nitrogen and oxygen atoms in total. The first kappa shape index (κ1) is 18.4. The predicted molar refractivity (Wildman–Crippen MR) is 97.1 cm³/mol. The van der Waals surface area contributed by atoms with Crippen LogP contribution in [0.4, 0.5) is 5.69 Å². The molecule has 1 aliphatic rings. The Kier molecular flexibility index (Phi) is 7.14. The number of nitrogens with zero attached hydrogens (tertiary/aromatic N) is 1. The van der Waals surface area contributed by atoms with Gasteiger partial charge >= 0.3 is 0 Å². The first-order valence-electron chi connectivity index (χ1n) is 8.18. The number of morpholine rings is 1. The molecule has 1 heterocycles. The number of unbranched alkanes of at least 4 members (excludes halogenated alkanes) is 1. The van der Waals surface area contributed by atoms with Crippen molar-refractivity contribution in [3.63, 3.8) is 0 Å². The van der Waals surface area contributed by atoms with E-state index in [1.807, 2.05) is 6.92 Å². The van der Waals surface area contributed by atoms with Crippen LogP contribution in [0.15, 0.2) is 24.3 Å². The second-order valence-electron chi connectivity index (χ2n) is 5.59. The van der Waals surface area contributed by atoms with Crippen molar-refractivity contribution < 1.29 is 14.3 Å². The molecule has 1 fully saturated rings. The fraction of sp³-hybridized carbons (Fsp3) is 0.471. The molecule has 0 bridgehead atoms. The zero-order valence-electron chi connectivity index (χ0n) is 13.8. The summed E-state index contributed by atoms with van der Waals surface area (Å²) in [6.45, 7) is 4.43. The van der Waals surface area contributed by atoms with Crippen molar-refractivity contribution in [3.8, 4) is 0 Å². The van der Waals surface area contributed by atoms with Crippen molar-refractivity contribution in [3.05, 3.63) is 29.8 Å². The number of thiocarbonyl (C=S) groups is 1. The van der Waals surface area contributed by atoms with E-state index in [1.54, 1.807) is 29.2 Å². The van der Waals surface area contributed by atoms with Crippen LogP contribution < -0.4 is 10.6 Å². The molecule has 2 amide bonds. The van der Waals surface area contributed by atoms with Crippen molar-refractivity contribution in [1.82, 2.24) is 10.2 Å². The maximum Gasteiger partial charge on any atom is 0.254 e. The predicted octanol–water partition coefficient (Wildman–Crippen LogP) is 2.16. The lowest BCUT2D eigenvalue weighted by atomic mass is 10.1. The van der Waals surface area contributed by atoms with Gasteiger partial charge in [-0.25, -0.2) is 0 Å². The molecule has 0 spiro atoms. The van der Waals surface area contributed by atoms with E-state index in [2.05, 4.69) is 10.6 Å². The Labute approximate surface area is 147 Å². The molecule has 1 saturated heterocycles. The number of carbonyl (C=O) groups is 2. The largest absolute Gasteiger partial charge is 0.378 e. The fourth-order valence-corrected chi connectivity index (χ4v) is 2.57. The normalized spacial score (nSPS) is 14.1. The standard InChI is InChI=1S/C17H23N3O3S/c1-2-3-4-15(21)19-17(24)18-14-7-5-13(6-8-14)16(22)20-9-11-23-12-10-20/h5-8H,2-4,9-12H2,1H3,(H2,18,19,21,24). The number of nitrogens with one attached hydrogen (secondary N) is 2. The summed E-state index contributed by atoms with van der Waals surface area (Å²) in [5, 5.41) is 5.86. The Morgan fingerprint density at radius 2 is 1.88 bits per heavy atom. The van der Waals surface area contributed by atoms with Crippen LogP contribution in [-0.2, 0) is 9.53 Å². The maximum absolute atomic E-state index is 12.3. The van der Waals surface area contributed by atoms with E-state index >= 15 is 0 Å². The molecule has 24 heavy (non-hydrogen) atoms. The number of ether oxygens (including phenoxy) is 1. The summed E-state index contributed by atoms with van der Waals surface area (Å²) in [5.74, 6) is -0.0891. The SMILES string of the molecule is CCCCC(=O)NC(=S)Nc1ccc(C(=O)N2CCOCC2)cc1. The van der Waals surface area contributed by atoms with E-state index in [-0.39, 0.29) is 16.9 Å². The number of benzene rings is 1. The molecule has 2 N–H and O–H groups in total. The van der Waals surface area contributed by atoms with Crippen LogP contribution in [0, 0.1) is 0 Å². The molecule has 0 unspecified atom stereocenters. The lowest BCUT2D eigenvalue weighted by Crippen LogP contribution is -2.40. The maximum atomic E-state index is 12.3. The topological polar surface area (TPSA) is 70.7 Å². The molecule has 130 valence electrons. The monoisotopic (exact) mass is 349 g/mol. The van der Waals surface area contributed by atoms with E-state index in [0.717, 1.165) is 18.5 Å². The van der Waals surface area contributed by atoms with Gasteiger partial charge in [0.25, 0.3) is 5.91 Å². The Morgan fingerprint density at radius 1 is 1.21 bits per heavy atom. The van der Waals surface area contributed by atoms with Crippen molar-refractivity contribution in [2.75, 3.05) is 31.6 Å². The Morgan fingerprint density at radius 3 is 2.50 bits per heavy atom. The zero-order valence-corrected chi connectivity index (χ0v) is 14.7. The highest BCUT2D eigenvalue weighted by atomic mass is 32.1. The molecular formula is C17H23N3O3S. The molecule has 0 radical (unpaired) electrons. The molecule has 1 aromatic carbocycles. The summed E-state index contributed by atoms with van der Waals surface area (Å²) in [4.78, 5) is 25.8. The minimum absolute atomic E-state index is 0.000273. The van der Waals surface area contributed by atoms with E-state index in [9.17, 15) is 9.59 Å². The highest BCUT2D eigenvalue weighted by Crippen LogP contribution is 2.12. The summed E-state index contributed by atoms with van der Waals surface area (Å²) in [6, 6.07) is 7.06. The Balaban J connectivity index is 1.86. The van der Waals surface area contributed by atoms with E-state index in [0.29, 0.717) is 38.3 Å². The van der Waals surface area contributed by atoms with Crippen molar-refractivity contribution in [1.29, 1.82) is 0 Å². The van der Waals surface area contributed by atoms with Gasteiger partial charge in [0, 0.05) is 30.8 Å². The first-order valence-corrected chi connectivity index (χ1v) is 8.59. The molecular weight excluding hydrogens is 326 g/mol. The smallest absolute Gasteiger partial charge is 0.254 e. The Hall–Kier alpha value is -1.99. The van der Waals surface area contributed by atoms with Crippen molar-refractivity contribution in [2.24, 2.45) is 0 Å². The van der Waals surface area contributed by atoms with Crippen LogP contribution in [0.1, 0.15) is 36.5 Å². The third kappa shape index (κ3) is 5.58. The summed E-state index contributed by atoms with van der Waals surface area (Å²) in [6.07, 6.45) is 2.27. The van der Waals surface area contributed by atoms with E-state index < -0.39 is 0 Å². The highest BCUT2D eigenvalue weighted by molar-refractivity contribution is 7.80. The fourth-order valence-electron chi connectivity index (χ4n) is 2.33. The molecule has 7 heteroatoms. The number of hydrogen-bond acceptors (Lipinski definition) is 4. The van der Waals surface area contributed by atoms with Gasteiger partial charge in [0.1, 0.15) is 0 Å². The van der Waals surface area contributed by atoms with Gasteiger partial charge in [0.05, 0.1) is 13.2 Å². The van der Waals surface area contributed by atoms with Gasteiger partial charge in [-0.1, -0.05) is 13.3 Å². The number of rotatable bonds is 5. The van der Waals surface area contributed by atoms with Crippen molar-refractivity contribution in [2.45, 2.75) is 26.2 Å². The molecule has 0 atom stereocenters. The van der Waals surface area contributed by atoms with Crippen molar-refractivity contribution >= 4 is 34.8 Å². The first-order chi connectivity index (χ1) is 11.6. The average molecular weight is 349 g/mol. The van der Waals surface area contributed by atoms with Gasteiger partial charge < -0.3 is 20.3 Å². The minimum atomic E-state index is -0.0894. The lowest BCUT2D eigenvalue weighted by Gasteiger charge is -2.26. The molecule has 0 aromatic heterocycles. The minimum Gasteiger partial charge on any atom is -0.378 e. The van der Waals surface area contributed by atoms with Crippen LogP contribution in [-0.4, -0.2) is 48.1 Å². The van der Waals surface area contributed by atoms with Gasteiger partial charge in [-0.3, -0.25) is 9.59 Å². The van der Waals surface area contributed by atoms with Gasteiger partial charge in [0.2, 0.25) is 5.91 Å². The average Bonchev–Trinajstić information content (AvgIpc) is 2.60. The van der Waals surface area contributed by atoms with Crippen LogP contribution >= 0.6 is 12.2 Å². The van der Waals surface area contributed by atoms with Crippen LogP contribution in [0.2, 0.25) is 0 Å². The van der Waals surface area contributed by atoms with Crippen LogP contribution in [0.25, 0.3) is 0 Å². The van der Waals surface area contributed by atoms with Crippen LogP contribution in [0.5, 0.6) is 0 Å². The molecule has 2 rings (SSSR count). The third-order valence-electron chi connectivity index (χ3n) is 3.70. The quantitative estimate of drug-likeness (QED) is 0.797. The van der Waals surface area contributed by atoms with Gasteiger partial charge in [-0.2, -0.15) is 0 Å². The summed E-state index contributed by atoms with van der Waals surface area (Å²) >= 11 is 5.12. The lowest BCUT2D eigenvalue weighted by molar-refractivity contribution is -0.119. The molecule has 0 aliphatic carbocycles. The molecule has 1 aromatic rings. The summed E-state index contributed by atoms with van der Waals surface area (Å²) in [7, 11) is 0. The van der Waals surface area contributed by atoms with E-state index in [1.165, 1.54) is 0 Å². The number of amides is 2. The van der Waals surface area contributed by atoms with Gasteiger partial charge in [-0.05, 0) is 42.9 Å². The third-order valence-corrected chi connectivity index (χ3v) is 3.90. The molecule has 1 aliphatic heterocycles. The van der Waals surface area contributed by atoms with Gasteiger partial charge in [-0.15, -0.1) is 0 Å². The number of carbonyl (C=O) groups excluding carboxylic acids is 2. The second kappa shape index (κ2) is 9.34. The van der Waals surface area contributed by atoms with E-state index in [4.69, 9.17) is 17.0 Å². The highest BCUT2D eigenvalue weighted by Gasteiger charge is 2.18. The second-order valence-corrected chi connectivity index (χ2v) is 6.00. The number of hydrogen-bond donors (Lipinski definition) is 2. The Bertz CT molecular complexity index is 583.